The SMILES string of the molecule is NC(=O)C1CCN(C(=O)Cn2cccc2)CC1. The van der Waals surface area contributed by atoms with Crippen LogP contribution in [0.3, 0.4) is 0 Å². The number of amides is 2. The molecule has 92 valence electrons. The maximum absolute atomic E-state index is 11.9. The van der Waals surface area contributed by atoms with Crippen molar-refractivity contribution in [2.24, 2.45) is 11.7 Å². The second-order valence-corrected chi connectivity index (χ2v) is 4.41. The van der Waals surface area contributed by atoms with Crippen LogP contribution < -0.4 is 5.73 Å². The molecule has 1 aromatic heterocycles. The van der Waals surface area contributed by atoms with Crippen LogP contribution in [0.5, 0.6) is 0 Å². The van der Waals surface area contributed by atoms with E-state index in [1.807, 2.05) is 29.1 Å². The van der Waals surface area contributed by atoms with Crippen LogP contribution in [0.1, 0.15) is 12.8 Å². The van der Waals surface area contributed by atoms with Crippen LogP contribution in [0.15, 0.2) is 24.5 Å². The van der Waals surface area contributed by atoms with E-state index in [1.54, 1.807) is 4.90 Å². The summed E-state index contributed by atoms with van der Waals surface area (Å²) in [6.07, 6.45) is 5.11. The Balaban J connectivity index is 1.84. The molecule has 2 N–H and O–H groups in total. The molecule has 5 heteroatoms. The largest absolute Gasteiger partial charge is 0.369 e. The molecule has 17 heavy (non-hydrogen) atoms. The van der Waals surface area contributed by atoms with Gasteiger partial charge in [0.2, 0.25) is 11.8 Å². The minimum atomic E-state index is -0.248. The Morgan fingerprint density at radius 2 is 1.76 bits per heavy atom. The summed E-state index contributed by atoms with van der Waals surface area (Å²) in [6.45, 7) is 1.63. The summed E-state index contributed by atoms with van der Waals surface area (Å²) >= 11 is 0. The molecule has 0 aliphatic carbocycles. The van der Waals surface area contributed by atoms with Crippen LogP contribution in [0.2, 0.25) is 0 Å². The Kier molecular flexibility index (Phi) is 3.46. The lowest BCUT2D eigenvalue weighted by Crippen LogP contribution is -2.42. The number of hydrogen-bond acceptors (Lipinski definition) is 2. The Labute approximate surface area is 100 Å². The van der Waals surface area contributed by atoms with Gasteiger partial charge in [-0.1, -0.05) is 0 Å². The maximum Gasteiger partial charge on any atom is 0.242 e. The van der Waals surface area contributed by atoms with Crippen LogP contribution in [0, 0.1) is 5.92 Å². The molecular formula is C12H17N3O2. The predicted molar refractivity (Wildman–Crippen MR) is 62.9 cm³/mol. The van der Waals surface area contributed by atoms with Gasteiger partial charge >= 0.3 is 0 Å². The topological polar surface area (TPSA) is 68.3 Å². The molecule has 0 aromatic carbocycles. The quantitative estimate of drug-likeness (QED) is 0.813. The molecule has 2 heterocycles. The van der Waals surface area contributed by atoms with Crippen molar-refractivity contribution in [2.75, 3.05) is 13.1 Å². The molecule has 1 saturated heterocycles. The van der Waals surface area contributed by atoms with Crippen molar-refractivity contribution in [2.45, 2.75) is 19.4 Å². The van der Waals surface area contributed by atoms with Crippen LogP contribution in [-0.2, 0) is 16.1 Å². The number of nitrogens with two attached hydrogens (primary N) is 1. The molecule has 1 aliphatic heterocycles. The van der Waals surface area contributed by atoms with Crippen LogP contribution in [0.4, 0.5) is 0 Å². The highest BCUT2D eigenvalue weighted by Crippen LogP contribution is 2.16. The first-order chi connectivity index (χ1) is 8.16. The van der Waals surface area contributed by atoms with Crippen LogP contribution >= 0.6 is 0 Å². The minimum Gasteiger partial charge on any atom is -0.369 e. The van der Waals surface area contributed by atoms with Crippen molar-refractivity contribution in [3.63, 3.8) is 0 Å². The summed E-state index contributed by atoms with van der Waals surface area (Å²) in [5.74, 6) is -0.211. The maximum atomic E-state index is 11.9. The fraction of sp³-hybridized carbons (Fsp3) is 0.500. The zero-order chi connectivity index (χ0) is 12.3. The number of carbonyl (C=O) groups excluding carboxylic acids is 2. The summed E-state index contributed by atoms with van der Waals surface area (Å²) in [7, 11) is 0. The highest BCUT2D eigenvalue weighted by Gasteiger charge is 2.25. The highest BCUT2D eigenvalue weighted by atomic mass is 16.2. The Hall–Kier alpha value is -1.78. The van der Waals surface area contributed by atoms with Crippen molar-refractivity contribution >= 4 is 11.8 Å². The zero-order valence-electron chi connectivity index (χ0n) is 9.71. The molecule has 1 aliphatic rings. The Morgan fingerprint density at radius 3 is 2.29 bits per heavy atom. The first-order valence-corrected chi connectivity index (χ1v) is 5.84. The van der Waals surface area contributed by atoms with E-state index in [-0.39, 0.29) is 17.7 Å². The summed E-state index contributed by atoms with van der Waals surface area (Å²) in [4.78, 5) is 24.7. The van der Waals surface area contributed by atoms with Crippen molar-refractivity contribution in [1.82, 2.24) is 9.47 Å². The first-order valence-electron chi connectivity index (χ1n) is 5.84. The van der Waals surface area contributed by atoms with Crippen molar-refractivity contribution in [1.29, 1.82) is 0 Å². The Morgan fingerprint density at radius 1 is 1.18 bits per heavy atom. The van der Waals surface area contributed by atoms with E-state index < -0.39 is 0 Å². The number of aromatic nitrogens is 1. The highest BCUT2D eigenvalue weighted by molar-refractivity contribution is 5.78. The summed E-state index contributed by atoms with van der Waals surface area (Å²) in [5.41, 5.74) is 5.25. The van der Waals surface area contributed by atoms with E-state index in [9.17, 15) is 9.59 Å². The molecular weight excluding hydrogens is 218 g/mol. The third-order valence-electron chi connectivity index (χ3n) is 3.23. The smallest absolute Gasteiger partial charge is 0.242 e. The van der Waals surface area contributed by atoms with Gasteiger partial charge in [0.25, 0.3) is 0 Å². The molecule has 0 unspecified atom stereocenters. The van der Waals surface area contributed by atoms with E-state index in [1.165, 1.54) is 0 Å². The lowest BCUT2D eigenvalue weighted by atomic mass is 9.96. The molecule has 0 saturated carbocycles. The lowest BCUT2D eigenvalue weighted by molar-refractivity contribution is -0.135. The minimum absolute atomic E-state index is 0.0642. The molecule has 0 atom stereocenters. The first kappa shape index (κ1) is 11.7. The van der Waals surface area contributed by atoms with E-state index in [2.05, 4.69) is 0 Å². The summed E-state index contributed by atoms with van der Waals surface area (Å²) in [5, 5.41) is 0. The second kappa shape index (κ2) is 5.03. The molecule has 0 spiro atoms. The monoisotopic (exact) mass is 235 g/mol. The molecule has 2 amide bonds. The number of carbonyl (C=O) groups is 2. The Bertz CT molecular complexity index is 392. The fourth-order valence-electron chi connectivity index (χ4n) is 2.15. The van der Waals surface area contributed by atoms with E-state index >= 15 is 0 Å². The standard InChI is InChI=1S/C12H17N3O2/c13-12(17)10-3-7-15(8-4-10)11(16)9-14-5-1-2-6-14/h1-2,5-6,10H,3-4,7-9H2,(H2,13,17). The predicted octanol–water partition coefficient (Wildman–Crippen LogP) is 0.212. The number of nitrogens with zero attached hydrogens (tertiary/aromatic N) is 2. The second-order valence-electron chi connectivity index (χ2n) is 4.41. The molecule has 1 fully saturated rings. The van der Waals surface area contributed by atoms with Gasteiger partial charge in [0.1, 0.15) is 6.54 Å². The normalized spacial score (nSPS) is 17.1. The van der Waals surface area contributed by atoms with E-state index in [0.29, 0.717) is 32.5 Å². The summed E-state index contributed by atoms with van der Waals surface area (Å²) < 4.78 is 1.85. The lowest BCUT2D eigenvalue weighted by Gasteiger charge is -2.30. The molecule has 2 rings (SSSR count). The van der Waals surface area contributed by atoms with Gasteiger partial charge in [-0.3, -0.25) is 9.59 Å². The number of hydrogen-bond donors (Lipinski definition) is 1. The van der Waals surface area contributed by atoms with Crippen LogP contribution in [-0.4, -0.2) is 34.4 Å². The molecule has 1 aromatic rings. The average Bonchev–Trinajstić information content (AvgIpc) is 2.82. The van der Waals surface area contributed by atoms with E-state index in [4.69, 9.17) is 5.73 Å². The third-order valence-corrected chi connectivity index (χ3v) is 3.23. The molecule has 0 bridgehead atoms. The van der Waals surface area contributed by atoms with Crippen molar-refractivity contribution < 1.29 is 9.59 Å². The molecule has 0 radical (unpaired) electrons. The van der Waals surface area contributed by atoms with Crippen LogP contribution in [0.25, 0.3) is 0 Å². The van der Waals surface area contributed by atoms with Gasteiger partial charge < -0.3 is 15.2 Å². The number of primary amides is 1. The third kappa shape index (κ3) is 2.87. The average molecular weight is 235 g/mol. The van der Waals surface area contributed by atoms with Gasteiger partial charge in [-0.05, 0) is 25.0 Å². The van der Waals surface area contributed by atoms with Gasteiger partial charge in [0, 0.05) is 31.4 Å². The van der Waals surface area contributed by atoms with Gasteiger partial charge in [-0.15, -0.1) is 0 Å². The van der Waals surface area contributed by atoms with Gasteiger partial charge in [-0.25, -0.2) is 0 Å². The number of likely N-dealkylation sites (tertiary alicyclic amines) is 1. The van der Waals surface area contributed by atoms with Gasteiger partial charge in [0.05, 0.1) is 0 Å². The number of rotatable bonds is 3. The summed E-state index contributed by atoms with van der Waals surface area (Å²) in [6, 6.07) is 3.79. The van der Waals surface area contributed by atoms with Crippen molar-refractivity contribution in [3.05, 3.63) is 24.5 Å². The number of piperidine rings is 1. The molecule has 5 nitrogen and oxygen atoms in total. The van der Waals surface area contributed by atoms with E-state index in [0.717, 1.165) is 0 Å². The fourth-order valence-corrected chi connectivity index (χ4v) is 2.15. The zero-order valence-corrected chi connectivity index (χ0v) is 9.71. The van der Waals surface area contributed by atoms with Crippen molar-refractivity contribution in [3.8, 4) is 0 Å². The van der Waals surface area contributed by atoms with Gasteiger partial charge in [0.15, 0.2) is 0 Å². The van der Waals surface area contributed by atoms with Gasteiger partial charge in [-0.2, -0.15) is 0 Å².